The van der Waals surface area contributed by atoms with Crippen molar-refractivity contribution in [3.05, 3.63) is 40.4 Å². The number of anilines is 1. The Labute approximate surface area is 157 Å². The van der Waals surface area contributed by atoms with Gasteiger partial charge in [-0.2, -0.15) is 0 Å². The number of amides is 1. The molecule has 0 saturated carbocycles. The lowest BCUT2D eigenvalue weighted by Crippen LogP contribution is -2.42. The van der Waals surface area contributed by atoms with Crippen molar-refractivity contribution in [3.63, 3.8) is 0 Å². The second kappa shape index (κ2) is 7.02. The number of hydrogen-bond acceptors (Lipinski definition) is 6. The molecule has 1 fully saturated rings. The minimum absolute atomic E-state index is 0.0502. The van der Waals surface area contributed by atoms with E-state index in [2.05, 4.69) is 9.88 Å². The van der Waals surface area contributed by atoms with Crippen LogP contribution in [0.15, 0.2) is 30.3 Å². The highest BCUT2D eigenvalue weighted by Gasteiger charge is 2.31. The molecule has 1 saturated heterocycles. The second-order valence-electron chi connectivity index (χ2n) is 7.78. The van der Waals surface area contributed by atoms with Crippen LogP contribution in [0.25, 0.3) is 10.9 Å². The average molecular weight is 372 g/mol. The Hall–Kier alpha value is -2.90. The summed E-state index contributed by atoms with van der Waals surface area (Å²) < 4.78 is 5.44. The smallest absolute Gasteiger partial charge is 0.410 e. The van der Waals surface area contributed by atoms with Gasteiger partial charge in [0.1, 0.15) is 11.4 Å². The fraction of sp³-hybridized carbons (Fsp3) is 0.474. The number of aromatic nitrogens is 1. The van der Waals surface area contributed by atoms with E-state index < -0.39 is 10.5 Å². The van der Waals surface area contributed by atoms with E-state index in [-0.39, 0.29) is 17.8 Å². The molecule has 0 aliphatic carbocycles. The Balaban J connectivity index is 1.72. The van der Waals surface area contributed by atoms with Crippen LogP contribution in [0.4, 0.5) is 16.3 Å². The molecule has 2 aromatic rings. The first-order chi connectivity index (χ1) is 12.6. The molecule has 1 amide bonds. The lowest BCUT2D eigenvalue weighted by atomic mass is 10.2. The molecule has 3 rings (SSSR count). The van der Waals surface area contributed by atoms with E-state index in [1.54, 1.807) is 18.0 Å². The Kier molecular flexibility index (Phi) is 4.91. The predicted octanol–water partition coefficient (Wildman–Crippen LogP) is 3.59. The number of ether oxygens (including phenoxy) is 1. The zero-order valence-electron chi connectivity index (χ0n) is 16.0. The zero-order valence-corrected chi connectivity index (χ0v) is 16.0. The van der Waals surface area contributed by atoms with E-state index in [9.17, 15) is 14.9 Å². The zero-order chi connectivity index (χ0) is 19.8. The van der Waals surface area contributed by atoms with Gasteiger partial charge in [-0.15, -0.1) is 0 Å². The molecule has 0 N–H and O–H groups in total. The van der Waals surface area contributed by atoms with Crippen molar-refractivity contribution in [2.75, 3.05) is 25.0 Å². The van der Waals surface area contributed by atoms with Crippen molar-refractivity contribution in [1.29, 1.82) is 0 Å². The van der Waals surface area contributed by atoms with Crippen molar-refractivity contribution < 1.29 is 14.5 Å². The number of fused-ring (bicyclic) bond motifs is 1. The molecule has 0 radical (unpaired) electrons. The number of nitro groups is 1. The van der Waals surface area contributed by atoms with Gasteiger partial charge in [-0.05, 0) is 45.4 Å². The Bertz CT molecular complexity index is 878. The number of carbonyl (C=O) groups excluding carboxylic acids is 1. The largest absolute Gasteiger partial charge is 0.444 e. The van der Waals surface area contributed by atoms with E-state index in [0.717, 1.165) is 24.2 Å². The van der Waals surface area contributed by atoms with Gasteiger partial charge in [-0.3, -0.25) is 10.1 Å². The van der Waals surface area contributed by atoms with Crippen LogP contribution in [-0.2, 0) is 4.74 Å². The summed E-state index contributed by atoms with van der Waals surface area (Å²) in [5.74, 6) is 0.802. The van der Waals surface area contributed by atoms with Crippen LogP contribution in [0.5, 0.6) is 0 Å². The van der Waals surface area contributed by atoms with Crippen LogP contribution < -0.4 is 4.90 Å². The molecule has 0 spiro atoms. The summed E-state index contributed by atoms with van der Waals surface area (Å²) in [6, 6.07) is 8.40. The summed E-state index contributed by atoms with van der Waals surface area (Å²) in [5.41, 5.74) is 0.242. The van der Waals surface area contributed by atoms with Crippen molar-refractivity contribution in [2.24, 2.45) is 0 Å². The SMILES string of the molecule is CN(C(=O)OC(C)(C)C)[C@@H]1CCN(c2ccc3cc([N+](=O)[O-])ccc3n2)C1. The monoisotopic (exact) mass is 372 g/mol. The number of rotatable bonds is 3. The predicted molar refractivity (Wildman–Crippen MR) is 103 cm³/mol. The third-order valence-corrected chi connectivity index (χ3v) is 4.59. The standard InChI is InChI=1S/C19H24N4O4/c1-19(2,3)27-18(24)21(4)15-9-10-22(12-15)17-8-5-13-11-14(23(25)26)6-7-16(13)20-17/h5-8,11,15H,9-10,12H2,1-4H3/t15-/m1/s1. The van der Waals surface area contributed by atoms with Crippen molar-refractivity contribution in [2.45, 2.75) is 38.8 Å². The third kappa shape index (κ3) is 4.27. The summed E-state index contributed by atoms with van der Waals surface area (Å²) in [7, 11) is 1.76. The minimum Gasteiger partial charge on any atom is -0.444 e. The first-order valence-corrected chi connectivity index (χ1v) is 8.90. The van der Waals surface area contributed by atoms with Crippen molar-refractivity contribution >= 4 is 28.5 Å². The van der Waals surface area contributed by atoms with Crippen LogP contribution in [0.3, 0.4) is 0 Å². The number of nitro benzene ring substituents is 1. The highest BCUT2D eigenvalue weighted by Crippen LogP contribution is 2.26. The number of hydrogen-bond donors (Lipinski definition) is 0. The van der Waals surface area contributed by atoms with Gasteiger partial charge >= 0.3 is 6.09 Å². The summed E-state index contributed by atoms with van der Waals surface area (Å²) in [4.78, 5) is 31.1. The van der Waals surface area contributed by atoms with Gasteiger partial charge in [-0.25, -0.2) is 9.78 Å². The lowest BCUT2D eigenvalue weighted by Gasteiger charge is -2.28. The Morgan fingerprint density at radius 1 is 1.33 bits per heavy atom. The van der Waals surface area contributed by atoms with E-state index >= 15 is 0 Å². The van der Waals surface area contributed by atoms with Crippen LogP contribution in [0.2, 0.25) is 0 Å². The van der Waals surface area contributed by atoms with Crippen LogP contribution in [-0.4, -0.2) is 52.7 Å². The molecule has 1 aromatic heterocycles. The van der Waals surface area contributed by atoms with Crippen LogP contribution in [0, 0.1) is 10.1 Å². The molecule has 0 unspecified atom stereocenters. The molecule has 1 atom stereocenters. The van der Waals surface area contributed by atoms with Crippen LogP contribution in [0.1, 0.15) is 27.2 Å². The van der Waals surface area contributed by atoms with Gasteiger partial charge in [-0.1, -0.05) is 0 Å². The Morgan fingerprint density at radius 2 is 2.07 bits per heavy atom. The summed E-state index contributed by atoms with van der Waals surface area (Å²) in [6.45, 7) is 7.00. The average Bonchev–Trinajstić information content (AvgIpc) is 3.08. The van der Waals surface area contributed by atoms with E-state index in [1.165, 1.54) is 12.1 Å². The highest BCUT2D eigenvalue weighted by atomic mass is 16.6. The first kappa shape index (κ1) is 18.9. The normalized spacial score (nSPS) is 17.2. The van der Waals surface area contributed by atoms with Gasteiger partial charge in [0.05, 0.1) is 16.5 Å². The molecule has 0 bridgehead atoms. The van der Waals surface area contributed by atoms with Gasteiger partial charge in [0.25, 0.3) is 5.69 Å². The van der Waals surface area contributed by atoms with Gasteiger partial charge < -0.3 is 14.5 Å². The highest BCUT2D eigenvalue weighted by molar-refractivity contribution is 5.82. The van der Waals surface area contributed by atoms with Gasteiger partial charge in [0.15, 0.2) is 0 Å². The van der Waals surface area contributed by atoms with E-state index in [1.807, 2.05) is 32.9 Å². The fourth-order valence-electron chi connectivity index (χ4n) is 3.14. The topological polar surface area (TPSA) is 88.8 Å². The molecule has 144 valence electrons. The number of non-ortho nitro benzene ring substituents is 1. The number of benzene rings is 1. The summed E-state index contributed by atoms with van der Waals surface area (Å²) >= 11 is 0. The van der Waals surface area contributed by atoms with Crippen molar-refractivity contribution in [1.82, 2.24) is 9.88 Å². The molecular weight excluding hydrogens is 348 g/mol. The maximum Gasteiger partial charge on any atom is 0.410 e. The van der Waals surface area contributed by atoms with E-state index in [0.29, 0.717) is 12.1 Å². The van der Waals surface area contributed by atoms with E-state index in [4.69, 9.17) is 4.74 Å². The lowest BCUT2D eigenvalue weighted by molar-refractivity contribution is -0.384. The maximum absolute atomic E-state index is 12.3. The molecule has 2 heterocycles. The molecule has 27 heavy (non-hydrogen) atoms. The number of nitrogens with zero attached hydrogens (tertiary/aromatic N) is 4. The first-order valence-electron chi connectivity index (χ1n) is 8.90. The van der Waals surface area contributed by atoms with Gasteiger partial charge in [0, 0.05) is 37.7 Å². The summed E-state index contributed by atoms with van der Waals surface area (Å²) in [6.07, 6.45) is 0.503. The third-order valence-electron chi connectivity index (χ3n) is 4.59. The summed E-state index contributed by atoms with van der Waals surface area (Å²) in [5, 5.41) is 11.6. The molecule has 1 aliphatic heterocycles. The molecule has 1 aromatic carbocycles. The van der Waals surface area contributed by atoms with Gasteiger partial charge in [0.2, 0.25) is 0 Å². The molecule has 8 heteroatoms. The number of carbonyl (C=O) groups is 1. The second-order valence-corrected chi connectivity index (χ2v) is 7.78. The fourth-order valence-corrected chi connectivity index (χ4v) is 3.14. The molecular formula is C19H24N4O4. The number of likely N-dealkylation sites (N-methyl/N-ethyl adjacent to an activating group) is 1. The number of pyridine rings is 1. The Morgan fingerprint density at radius 3 is 2.74 bits per heavy atom. The quantitative estimate of drug-likeness (QED) is 0.604. The maximum atomic E-state index is 12.3. The minimum atomic E-state index is -0.522. The van der Waals surface area contributed by atoms with Crippen molar-refractivity contribution in [3.8, 4) is 0 Å². The van der Waals surface area contributed by atoms with Crippen LogP contribution >= 0.6 is 0 Å². The molecule has 1 aliphatic rings. The molecule has 8 nitrogen and oxygen atoms in total.